The molecule has 0 aromatic carbocycles. The SMILES string of the molecule is CC(C)C(CN)Nc1nc[nH]c(=O)c1Cl. The van der Waals surface area contributed by atoms with Crippen LogP contribution in [0.5, 0.6) is 0 Å². The zero-order valence-corrected chi connectivity index (χ0v) is 9.51. The first kappa shape index (κ1) is 12.0. The Morgan fingerprint density at radius 2 is 2.33 bits per heavy atom. The van der Waals surface area contributed by atoms with Crippen LogP contribution in [0.15, 0.2) is 11.1 Å². The fraction of sp³-hybridized carbons (Fsp3) is 0.556. The monoisotopic (exact) mass is 230 g/mol. The number of rotatable bonds is 4. The maximum Gasteiger partial charge on any atom is 0.271 e. The predicted molar refractivity (Wildman–Crippen MR) is 61.2 cm³/mol. The highest BCUT2D eigenvalue weighted by atomic mass is 35.5. The molecule has 84 valence electrons. The van der Waals surface area contributed by atoms with E-state index in [0.29, 0.717) is 18.3 Å². The van der Waals surface area contributed by atoms with E-state index in [-0.39, 0.29) is 16.6 Å². The van der Waals surface area contributed by atoms with Crippen LogP contribution in [0, 0.1) is 5.92 Å². The molecule has 0 fully saturated rings. The first-order chi connectivity index (χ1) is 7.06. The van der Waals surface area contributed by atoms with Crippen molar-refractivity contribution in [1.29, 1.82) is 0 Å². The third-order valence-corrected chi connectivity index (χ3v) is 2.53. The lowest BCUT2D eigenvalue weighted by Gasteiger charge is -2.21. The number of hydrogen-bond acceptors (Lipinski definition) is 4. The topological polar surface area (TPSA) is 83.8 Å². The molecule has 1 unspecified atom stereocenters. The molecule has 1 heterocycles. The lowest BCUT2D eigenvalue weighted by Crippen LogP contribution is -2.34. The fourth-order valence-corrected chi connectivity index (χ4v) is 1.31. The standard InChI is InChI=1S/C9H15ClN4O/c1-5(2)6(3-11)14-8-7(10)9(15)13-4-12-8/h4-6H,3,11H2,1-2H3,(H2,12,13,14,15). The Labute approximate surface area is 93.0 Å². The molecule has 0 aliphatic rings. The van der Waals surface area contributed by atoms with Crippen LogP contribution in [0.3, 0.4) is 0 Å². The van der Waals surface area contributed by atoms with E-state index in [4.69, 9.17) is 17.3 Å². The molecule has 1 aromatic rings. The summed E-state index contributed by atoms with van der Waals surface area (Å²) in [7, 11) is 0. The molecule has 0 bridgehead atoms. The Kier molecular flexibility index (Phi) is 4.11. The van der Waals surface area contributed by atoms with Gasteiger partial charge in [0.2, 0.25) is 0 Å². The quantitative estimate of drug-likeness (QED) is 0.715. The predicted octanol–water partition coefficient (Wildman–Crippen LogP) is 0.819. The van der Waals surface area contributed by atoms with Crippen molar-refractivity contribution in [3.63, 3.8) is 0 Å². The van der Waals surface area contributed by atoms with Crippen LogP contribution >= 0.6 is 11.6 Å². The van der Waals surface area contributed by atoms with Crippen molar-refractivity contribution in [3.05, 3.63) is 21.7 Å². The van der Waals surface area contributed by atoms with Gasteiger partial charge < -0.3 is 16.0 Å². The van der Waals surface area contributed by atoms with E-state index >= 15 is 0 Å². The maximum absolute atomic E-state index is 11.2. The third kappa shape index (κ3) is 2.94. The second-order valence-corrected chi connectivity index (χ2v) is 4.00. The largest absolute Gasteiger partial charge is 0.364 e. The summed E-state index contributed by atoms with van der Waals surface area (Å²) in [6.07, 6.45) is 1.31. The summed E-state index contributed by atoms with van der Waals surface area (Å²) in [5, 5.41) is 3.12. The molecule has 15 heavy (non-hydrogen) atoms. The number of anilines is 1. The molecule has 6 heteroatoms. The molecular formula is C9H15ClN4O. The van der Waals surface area contributed by atoms with Gasteiger partial charge in [-0.25, -0.2) is 4.98 Å². The van der Waals surface area contributed by atoms with E-state index in [0.717, 1.165) is 0 Å². The number of hydrogen-bond donors (Lipinski definition) is 3. The van der Waals surface area contributed by atoms with Gasteiger partial charge in [-0.1, -0.05) is 25.4 Å². The summed E-state index contributed by atoms with van der Waals surface area (Å²) in [6.45, 7) is 4.53. The molecule has 1 rings (SSSR count). The fourth-order valence-electron chi connectivity index (χ4n) is 1.16. The molecule has 0 spiro atoms. The second kappa shape index (κ2) is 5.14. The van der Waals surface area contributed by atoms with E-state index in [2.05, 4.69) is 15.3 Å². The Bertz CT molecular complexity index is 377. The summed E-state index contributed by atoms with van der Waals surface area (Å²) < 4.78 is 0. The van der Waals surface area contributed by atoms with E-state index < -0.39 is 0 Å². The van der Waals surface area contributed by atoms with Crippen LogP contribution in [-0.4, -0.2) is 22.6 Å². The van der Waals surface area contributed by atoms with Gasteiger partial charge in [0.1, 0.15) is 5.02 Å². The highest BCUT2D eigenvalue weighted by Gasteiger charge is 2.14. The Morgan fingerprint density at radius 1 is 1.67 bits per heavy atom. The van der Waals surface area contributed by atoms with Crippen molar-refractivity contribution in [2.45, 2.75) is 19.9 Å². The van der Waals surface area contributed by atoms with Crippen molar-refractivity contribution >= 4 is 17.4 Å². The second-order valence-electron chi connectivity index (χ2n) is 3.62. The smallest absolute Gasteiger partial charge is 0.271 e. The summed E-state index contributed by atoms with van der Waals surface area (Å²) in [5.74, 6) is 0.719. The van der Waals surface area contributed by atoms with Gasteiger partial charge in [-0.05, 0) is 5.92 Å². The summed E-state index contributed by atoms with van der Waals surface area (Å²) in [6, 6.07) is 0.0526. The molecule has 0 radical (unpaired) electrons. The van der Waals surface area contributed by atoms with E-state index in [1.54, 1.807) is 0 Å². The lowest BCUT2D eigenvalue weighted by molar-refractivity contribution is 0.530. The van der Waals surface area contributed by atoms with Gasteiger partial charge in [0.25, 0.3) is 5.56 Å². The molecule has 5 nitrogen and oxygen atoms in total. The van der Waals surface area contributed by atoms with E-state index in [1.807, 2.05) is 13.8 Å². The number of H-pyrrole nitrogens is 1. The van der Waals surface area contributed by atoms with Crippen LogP contribution in [-0.2, 0) is 0 Å². The van der Waals surface area contributed by atoms with Crippen LogP contribution in [0.25, 0.3) is 0 Å². The number of aromatic amines is 1. The minimum atomic E-state index is -0.353. The molecule has 1 aromatic heterocycles. The zero-order valence-electron chi connectivity index (χ0n) is 8.75. The van der Waals surface area contributed by atoms with Crippen LogP contribution in [0.4, 0.5) is 5.82 Å². The summed E-state index contributed by atoms with van der Waals surface area (Å²) in [5.41, 5.74) is 5.24. The molecule has 4 N–H and O–H groups in total. The average Bonchev–Trinajstić information content (AvgIpc) is 2.19. The molecule has 1 atom stereocenters. The number of aromatic nitrogens is 2. The molecule has 0 amide bonds. The van der Waals surface area contributed by atoms with Gasteiger partial charge in [0, 0.05) is 12.6 Å². The van der Waals surface area contributed by atoms with E-state index in [9.17, 15) is 4.79 Å². The molecule has 0 saturated heterocycles. The highest BCUT2D eigenvalue weighted by Crippen LogP contribution is 2.15. The van der Waals surface area contributed by atoms with Crippen LogP contribution < -0.4 is 16.6 Å². The molecular weight excluding hydrogens is 216 g/mol. The van der Waals surface area contributed by atoms with Gasteiger partial charge >= 0.3 is 0 Å². The molecule has 0 aliphatic carbocycles. The minimum Gasteiger partial charge on any atom is -0.364 e. The average molecular weight is 231 g/mol. The van der Waals surface area contributed by atoms with Crippen LogP contribution in [0.2, 0.25) is 5.02 Å². The Hall–Kier alpha value is -1.07. The zero-order chi connectivity index (χ0) is 11.4. The highest BCUT2D eigenvalue weighted by molar-refractivity contribution is 6.32. The number of halogens is 1. The van der Waals surface area contributed by atoms with Gasteiger partial charge in [0.15, 0.2) is 5.82 Å². The van der Waals surface area contributed by atoms with Gasteiger partial charge in [-0.2, -0.15) is 0 Å². The van der Waals surface area contributed by atoms with Gasteiger partial charge in [-0.3, -0.25) is 4.79 Å². The van der Waals surface area contributed by atoms with Crippen molar-refractivity contribution < 1.29 is 0 Å². The molecule has 0 saturated carbocycles. The first-order valence-electron chi connectivity index (χ1n) is 4.76. The van der Waals surface area contributed by atoms with Gasteiger partial charge in [0.05, 0.1) is 6.33 Å². The third-order valence-electron chi connectivity index (χ3n) is 2.18. The van der Waals surface area contributed by atoms with Gasteiger partial charge in [-0.15, -0.1) is 0 Å². The normalized spacial score (nSPS) is 12.9. The summed E-state index contributed by atoms with van der Waals surface area (Å²) >= 11 is 5.79. The Balaban J connectivity index is 2.88. The number of nitrogens with zero attached hydrogens (tertiary/aromatic N) is 1. The van der Waals surface area contributed by atoms with Crippen molar-refractivity contribution in [1.82, 2.24) is 9.97 Å². The summed E-state index contributed by atoms with van der Waals surface area (Å²) in [4.78, 5) is 17.5. The van der Waals surface area contributed by atoms with Crippen LogP contribution in [0.1, 0.15) is 13.8 Å². The van der Waals surface area contributed by atoms with Crippen molar-refractivity contribution in [2.24, 2.45) is 11.7 Å². The maximum atomic E-state index is 11.2. The number of nitrogens with two attached hydrogens (primary N) is 1. The van der Waals surface area contributed by atoms with Crippen molar-refractivity contribution in [3.8, 4) is 0 Å². The van der Waals surface area contributed by atoms with E-state index in [1.165, 1.54) is 6.33 Å². The van der Waals surface area contributed by atoms with Crippen molar-refractivity contribution in [2.75, 3.05) is 11.9 Å². The Morgan fingerprint density at radius 3 is 2.87 bits per heavy atom. The lowest BCUT2D eigenvalue weighted by atomic mass is 10.1. The first-order valence-corrected chi connectivity index (χ1v) is 5.13. The minimum absolute atomic E-state index is 0.0526. The molecule has 0 aliphatic heterocycles. The number of nitrogens with one attached hydrogen (secondary N) is 2.